The minimum Gasteiger partial charge on any atom is -0.306 e. The van der Waals surface area contributed by atoms with Crippen LogP contribution in [0.4, 0.5) is 0 Å². The molecule has 0 amide bonds. The fourth-order valence-corrected chi connectivity index (χ4v) is 3.03. The molecule has 0 bridgehead atoms. The molecule has 0 spiro atoms. The van der Waals surface area contributed by atoms with Gasteiger partial charge in [0.25, 0.3) is 0 Å². The van der Waals surface area contributed by atoms with Gasteiger partial charge in [-0.15, -0.1) is 0 Å². The summed E-state index contributed by atoms with van der Waals surface area (Å²) >= 11 is 0. The first-order valence-corrected chi connectivity index (χ1v) is 7.64. The molecule has 104 valence electrons. The molecule has 1 aliphatic rings. The number of benzene rings is 2. The first kappa shape index (κ1) is 13.4. The minimum absolute atomic E-state index is 0.524. The van der Waals surface area contributed by atoms with Crippen molar-refractivity contribution in [3.05, 3.63) is 70.8 Å². The summed E-state index contributed by atoms with van der Waals surface area (Å²) in [5.41, 5.74) is 5.80. The van der Waals surface area contributed by atoms with Crippen LogP contribution in [0.2, 0.25) is 0 Å². The van der Waals surface area contributed by atoms with Crippen LogP contribution >= 0.6 is 0 Å². The van der Waals surface area contributed by atoms with Crippen molar-refractivity contribution < 1.29 is 0 Å². The second kappa shape index (κ2) is 5.80. The highest BCUT2D eigenvalue weighted by Gasteiger charge is 2.20. The lowest BCUT2D eigenvalue weighted by Crippen LogP contribution is -2.18. The molecular weight excluding hydrogens is 242 g/mol. The molecule has 1 unspecified atom stereocenters. The molecule has 1 aliphatic carbocycles. The third-order valence-electron chi connectivity index (χ3n) is 4.33. The highest BCUT2D eigenvalue weighted by atomic mass is 14.9. The molecule has 2 aromatic carbocycles. The Morgan fingerprint density at radius 3 is 2.55 bits per heavy atom. The van der Waals surface area contributed by atoms with Gasteiger partial charge in [0.15, 0.2) is 0 Å². The van der Waals surface area contributed by atoms with Gasteiger partial charge in [0, 0.05) is 12.6 Å². The fraction of sp³-hybridized carbons (Fsp3) is 0.368. The van der Waals surface area contributed by atoms with Gasteiger partial charge in [-0.1, -0.05) is 62.4 Å². The number of rotatable bonds is 4. The normalized spacial score (nSPS) is 17.4. The Labute approximate surface area is 122 Å². The second-order valence-corrected chi connectivity index (χ2v) is 6.07. The van der Waals surface area contributed by atoms with Crippen LogP contribution in [-0.2, 0) is 13.0 Å². The topological polar surface area (TPSA) is 12.0 Å². The maximum Gasteiger partial charge on any atom is 0.0329 e. The summed E-state index contributed by atoms with van der Waals surface area (Å²) in [5.74, 6) is 0.610. The summed E-state index contributed by atoms with van der Waals surface area (Å²) in [7, 11) is 0. The monoisotopic (exact) mass is 265 g/mol. The summed E-state index contributed by atoms with van der Waals surface area (Å²) in [6.07, 6.45) is 2.43. The van der Waals surface area contributed by atoms with E-state index in [-0.39, 0.29) is 0 Å². The number of fused-ring (bicyclic) bond motifs is 1. The van der Waals surface area contributed by atoms with E-state index >= 15 is 0 Å². The van der Waals surface area contributed by atoms with Crippen molar-refractivity contribution >= 4 is 0 Å². The smallest absolute Gasteiger partial charge is 0.0329 e. The Hall–Kier alpha value is -1.60. The summed E-state index contributed by atoms with van der Waals surface area (Å²) in [4.78, 5) is 0. The third-order valence-corrected chi connectivity index (χ3v) is 4.33. The standard InChI is InChI=1S/C19H23N/c1-14(2)16-9-7-15(8-10-16)13-20-19-12-11-17-5-3-4-6-18(17)19/h3-10,14,19-20H,11-13H2,1-2H3. The minimum atomic E-state index is 0.524. The van der Waals surface area contributed by atoms with E-state index in [4.69, 9.17) is 0 Å². The predicted octanol–water partition coefficient (Wildman–Crippen LogP) is 4.59. The second-order valence-electron chi connectivity index (χ2n) is 6.07. The highest BCUT2D eigenvalue weighted by molar-refractivity contribution is 5.34. The zero-order chi connectivity index (χ0) is 13.9. The van der Waals surface area contributed by atoms with Crippen LogP contribution in [0.5, 0.6) is 0 Å². The van der Waals surface area contributed by atoms with E-state index in [1.54, 1.807) is 0 Å². The molecule has 0 heterocycles. The van der Waals surface area contributed by atoms with Gasteiger partial charge in [-0.2, -0.15) is 0 Å². The van der Waals surface area contributed by atoms with Crippen LogP contribution in [-0.4, -0.2) is 0 Å². The Balaban J connectivity index is 1.63. The van der Waals surface area contributed by atoms with Gasteiger partial charge in [0.2, 0.25) is 0 Å². The van der Waals surface area contributed by atoms with Crippen molar-refractivity contribution in [2.75, 3.05) is 0 Å². The number of aryl methyl sites for hydroxylation is 1. The van der Waals surface area contributed by atoms with Gasteiger partial charge in [-0.3, -0.25) is 0 Å². The molecule has 0 aromatic heterocycles. The Morgan fingerprint density at radius 1 is 1.05 bits per heavy atom. The Kier molecular flexibility index (Phi) is 3.88. The Bertz CT molecular complexity index is 569. The number of hydrogen-bond donors (Lipinski definition) is 1. The maximum atomic E-state index is 3.70. The summed E-state index contributed by atoms with van der Waals surface area (Å²) in [6.45, 7) is 5.43. The molecule has 2 aromatic rings. The number of hydrogen-bond acceptors (Lipinski definition) is 1. The van der Waals surface area contributed by atoms with Gasteiger partial charge in [0.1, 0.15) is 0 Å². The summed E-state index contributed by atoms with van der Waals surface area (Å²) < 4.78 is 0. The largest absolute Gasteiger partial charge is 0.306 e. The molecule has 0 fully saturated rings. The SMILES string of the molecule is CC(C)c1ccc(CNC2CCc3ccccc32)cc1. The van der Waals surface area contributed by atoms with Gasteiger partial charge in [0.05, 0.1) is 0 Å². The van der Waals surface area contributed by atoms with Crippen LogP contribution in [0.25, 0.3) is 0 Å². The molecule has 0 radical (unpaired) electrons. The van der Waals surface area contributed by atoms with Gasteiger partial charge in [-0.25, -0.2) is 0 Å². The van der Waals surface area contributed by atoms with Crippen LogP contribution < -0.4 is 5.32 Å². The zero-order valence-corrected chi connectivity index (χ0v) is 12.4. The lowest BCUT2D eigenvalue weighted by Gasteiger charge is -2.14. The molecule has 0 aliphatic heterocycles. The predicted molar refractivity (Wildman–Crippen MR) is 84.9 cm³/mol. The molecule has 1 nitrogen and oxygen atoms in total. The Morgan fingerprint density at radius 2 is 1.80 bits per heavy atom. The first-order valence-electron chi connectivity index (χ1n) is 7.64. The van der Waals surface area contributed by atoms with E-state index in [1.165, 1.54) is 35.1 Å². The van der Waals surface area contributed by atoms with Crippen LogP contribution in [0.3, 0.4) is 0 Å². The fourth-order valence-electron chi connectivity index (χ4n) is 3.03. The van der Waals surface area contributed by atoms with Crippen LogP contribution in [0.15, 0.2) is 48.5 Å². The first-order chi connectivity index (χ1) is 9.74. The molecule has 0 saturated carbocycles. The van der Waals surface area contributed by atoms with Crippen LogP contribution in [0.1, 0.15) is 54.5 Å². The molecule has 1 atom stereocenters. The van der Waals surface area contributed by atoms with Crippen LogP contribution in [0, 0.1) is 0 Å². The van der Waals surface area contributed by atoms with E-state index in [1.807, 2.05) is 0 Å². The van der Waals surface area contributed by atoms with Gasteiger partial charge >= 0.3 is 0 Å². The van der Waals surface area contributed by atoms with E-state index in [0.717, 1.165) is 6.54 Å². The van der Waals surface area contributed by atoms with E-state index in [9.17, 15) is 0 Å². The third kappa shape index (κ3) is 2.78. The molecular formula is C19H23N. The molecule has 20 heavy (non-hydrogen) atoms. The average Bonchev–Trinajstić information content (AvgIpc) is 2.89. The van der Waals surface area contributed by atoms with Crippen molar-refractivity contribution in [1.82, 2.24) is 5.32 Å². The van der Waals surface area contributed by atoms with Gasteiger partial charge < -0.3 is 5.32 Å². The molecule has 0 saturated heterocycles. The molecule has 1 N–H and O–H groups in total. The van der Waals surface area contributed by atoms with Crippen molar-refractivity contribution in [2.45, 2.75) is 45.2 Å². The lowest BCUT2D eigenvalue weighted by molar-refractivity contribution is 0.530. The van der Waals surface area contributed by atoms with Crippen molar-refractivity contribution in [3.63, 3.8) is 0 Å². The molecule has 1 heteroatoms. The average molecular weight is 265 g/mol. The lowest BCUT2D eigenvalue weighted by atomic mass is 10.0. The van der Waals surface area contributed by atoms with E-state index < -0.39 is 0 Å². The quantitative estimate of drug-likeness (QED) is 0.852. The summed E-state index contributed by atoms with van der Waals surface area (Å²) in [6, 6.07) is 18.4. The van der Waals surface area contributed by atoms with Gasteiger partial charge in [-0.05, 0) is 41.0 Å². The van der Waals surface area contributed by atoms with Crippen molar-refractivity contribution in [1.29, 1.82) is 0 Å². The van der Waals surface area contributed by atoms with E-state index in [2.05, 4.69) is 67.7 Å². The molecule has 3 rings (SSSR count). The van der Waals surface area contributed by atoms with E-state index in [0.29, 0.717) is 12.0 Å². The van der Waals surface area contributed by atoms with Crippen molar-refractivity contribution in [2.24, 2.45) is 0 Å². The zero-order valence-electron chi connectivity index (χ0n) is 12.4. The summed E-state index contributed by atoms with van der Waals surface area (Å²) in [5, 5.41) is 3.70. The number of nitrogens with one attached hydrogen (secondary N) is 1. The highest BCUT2D eigenvalue weighted by Crippen LogP contribution is 2.30. The maximum absolute atomic E-state index is 3.70. The van der Waals surface area contributed by atoms with Crippen molar-refractivity contribution in [3.8, 4) is 0 Å².